The number of fused-ring (bicyclic) bond motifs is 1. The predicted molar refractivity (Wildman–Crippen MR) is 101 cm³/mol. The van der Waals surface area contributed by atoms with Crippen molar-refractivity contribution in [2.75, 3.05) is 14.2 Å². The van der Waals surface area contributed by atoms with E-state index in [0.717, 1.165) is 24.8 Å². The first-order valence-electron chi connectivity index (χ1n) is 9.67. The molecule has 0 N–H and O–H groups in total. The summed E-state index contributed by atoms with van der Waals surface area (Å²) in [6.45, 7) is 9.03. The minimum absolute atomic E-state index is 0. The van der Waals surface area contributed by atoms with Crippen LogP contribution in [0.5, 0.6) is 11.5 Å². The molecule has 1 fully saturated rings. The summed E-state index contributed by atoms with van der Waals surface area (Å²) in [5.74, 6) is 1.11. The molecule has 0 aromatic heterocycles. The predicted octanol–water partition coefficient (Wildman–Crippen LogP) is 1.30. The van der Waals surface area contributed by atoms with Crippen LogP contribution in [-0.4, -0.2) is 20.3 Å². The molecule has 1 aromatic carbocycles. The van der Waals surface area contributed by atoms with Gasteiger partial charge in [0, 0.05) is 5.56 Å². The Kier molecular flexibility index (Phi) is 6.69. The van der Waals surface area contributed by atoms with Crippen LogP contribution in [0.4, 0.5) is 0 Å². The molecule has 4 heteroatoms. The molecule has 0 aliphatic heterocycles. The topological polar surface area (TPSA) is 41.5 Å². The van der Waals surface area contributed by atoms with Gasteiger partial charge in [-0.05, 0) is 48.1 Å². The number of allylic oxidation sites excluding steroid dienone is 2. The van der Waals surface area contributed by atoms with Crippen molar-refractivity contribution < 1.29 is 33.4 Å². The number of rotatable bonds is 3. The van der Waals surface area contributed by atoms with E-state index in [1.165, 1.54) is 12.0 Å². The molecule has 4 atom stereocenters. The minimum atomic E-state index is -0.676. The van der Waals surface area contributed by atoms with E-state index in [4.69, 9.17) is 9.47 Å². The van der Waals surface area contributed by atoms with Crippen LogP contribution in [-0.2, 0) is 0 Å². The Labute approximate surface area is 176 Å². The van der Waals surface area contributed by atoms with Crippen LogP contribution in [0.2, 0.25) is 0 Å². The third kappa shape index (κ3) is 3.78. The average molecular weight is 362 g/mol. The van der Waals surface area contributed by atoms with Gasteiger partial charge < -0.3 is 14.6 Å². The first kappa shape index (κ1) is 22.2. The summed E-state index contributed by atoms with van der Waals surface area (Å²) in [7, 11) is 3.22. The molecule has 3 nitrogen and oxygen atoms in total. The van der Waals surface area contributed by atoms with Crippen molar-refractivity contribution in [2.24, 2.45) is 16.7 Å². The summed E-state index contributed by atoms with van der Waals surface area (Å²) >= 11 is 0. The molecule has 0 heterocycles. The quantitative estimate of drug-likeness (QED) is 0.601. The van der Waals surface area contributed by atoms with Crippen molar-refractivity contribution in [3.05, 3.63) is 35.4 Å². The van der Waals surface area contributed by atoms with E-state index in [0.29, 0.717) is 11.5 Å². The van der Waals surface area contributed by atoms with Gasteiger partial charge in [-0.25, -0.2) is 0 Å². The second-order valence-electron chi connectivity index (χ2n) is 8.88. The Bertz CT molecular complexity index is 697. The molecule has 142 valence electrons. The van der Waals surface area contributed by atoms with Gasteiger partial charge in [0.1, 0.15) is 0 Å². The number of methoxy groups -OCH3 is 2. The van der Waals surface area contributed by atoms with E-state index >= 15 is 0 Å². The van der Waals surface area contributed by atoms with E-state index < -0.39 is 6.10 Å². The first-order chi connectivity index (χ1) is 12.2. The first-order valence-corrected chi connectivity index (χ1v) is 9.67. The summed E-state index contributed by atoms with van der Waals surface area (Å²) in [4.78, 5) is 0. The van der Waals surface area contributed by atoms with Crippen LogP contribution < -0.4 is 33.4 Å². The van der Waals surface area contributed by atoms with E-state index in [1.807, 2.05) is 6.07 Å². The monoisotopic (exact) mass is 362 g/mol. The smallest absolute Gasteiger partial charge is 0.851 e. The van der Waals surface area contributed by atoms with Gasteiger partial charge in [0.25, 0.3) is 0 Å². The van der Waals surface area contributed by atoms with E-state index in [-0.39, 0.29) is 41.5 Å². The van der Waals surface area contributed by atoms with Gasteiger partial charge in [-0.2, -0.15) is 0 Å². The third-order valence-corrected chi connectivity index (χ3v) is 6.70. The van der Waals surface area contributed by atoms with Crippen molar-refractivity contribution in [3.8, 4) is 11.5 Å². The SMILES string of the molecule is COc1c#cc([C@H]2[C@@H]([O-])[C@H](C)CC=C3C(C)(C)CCC[C@@]32C)cc1OC.[Li+]. The van der Waals surface area contributed by atoms with Gasteiger partial charge in [-0.3, -0.25) is 0 Å². The van der Waals surface area contributed by atoms with Gasteiger partial charge in [0.05, 0.1) is 14.2 Å². The summed E-state index contributed by atoms with van der Waals surface area (Å²) in [5.41, 5.74) is 2.34. The Balaban J connectivity index is 0.00000261. The average Bonchev–Trinajstić information content (AvgIpc) is 2.69. The van der Waals surface area contributed by atoms with Gasteiger partial charge in [-0.15, -0.1) is 6.10 Å². The van der Waals surface area contributed by atoms with Crippen molar-refractivity contribution in [1.82, 2.24) is 0 Å². The summed E-state index contributed by atoms with van der Waals surface area (Å²) in [6.07, 6.45) is 5.93. The molecule has 0 spiro atoms. The van der Waals surface area contributed by atoms with Crippen LogP contribution in [0.25, 0.3) is 0 Å². The maximum atomic E-state index is 13.5. The molecule has 0 radical (unpaired) electrons. The molecule has 2 aliphatic rings. The Morgan fingerprint density at radius 3 is 2.44 bits per heavy atom. The fourth-order valence-corrected chi connectivity index (χ4v) is 5.33. The Morgan fingerprint density at radius 1 is 1.11 bits per heavy atom. The number of hydrogen-bond donors (Lipinski definition) is 0. The summed E-state index contributed by atoms with van der Waals surface area (Å²) in [5, 5.41) is 13.5. The zero-order chi connectivity index (χ0) is 19.1. The zero-order valence-corrected chi connectivity index (χ0v) is 17.9. The molecule has 0 bridgehead atoms. The van der Waals surface area contributed by atoms with Crippen LogP contribution in [0.1, 0.15) is 64.9 Å². The number of hydrogen-bond acceptors (Lipinski definition) is 3. The molecule has 1 saturated carbocycles. The largest absolute Gasteiger partial charge is 1.00 e. The maximum absolute atomic E-state index is 13.5. The van der Waals surface area contributed by atoms with Gasteiger partial charge in [0.2, 0.25) is 5.75 Å². The molecule has 3 rings (SSSR count). The van der Waals surface area contributed by atoms with E-state index in [2.05, 4.69) is 45.9 Å². The van der Waals surface area contributed by atoms with Crippen molar-refractivity contribution in [3.63, 3.8) is 0 Å². The third-order valence-electron chi connectivity index (χ3n) is 6.70. The van der Waals surface area contributed by atoms with Gasteiger partial charge in [-0.1, -0.05) is 57.7 Å². The minimum Gasteiger partial charge on any atom is -0.851 e. The van der Waals surface area contributed by atoms with Crippen LogP contribution >= 0.6 is 0 Å². The van der Waals surface area contributed by atoms with Crippen molar-refractivity contribution in [1.29, 1.82) is 0 Å². The fraction of sp³-hybridized carbons (Fsp3) is 0.652. The molecule has 0 amide bonds. The molecule has 27 heavy (non-hydrogen) atoms. The summed E-state index contributed by atoms with van der Waals surface area (Å²) in [6, 6.07) is 8.24. The van der Waals surface area contributed by atoms with Crippen molar-refractivity contribution >= 4 is 0 Å². The normalized spacial score (nSPS) is 32.1. The molecule has 2 aliphatic carbocycles. The zero-order valence-electron chi connectivity index (χ0n) is 17.9. The molecule has 0 saturated heterocycles. The summed E-state index contributed by atoms with van der Waals surface area (Å²) < 4.78 is 10.8. The molecule has 1 aromatic rings. The van der Waals surface area contributed by atoms with Gasteiger partial charge >= 0.3 is 18.9 Å². The molecular formula is C23H31LiO3. The van der Waals surface area contributed by atoms with Crippen LogP contribution in [0.15, 0.2) is 17.7 Å². The maximum Gasteiger partial charge on any atom is 1.00 e. The Hall–Kier alpha value is -1.06. The van der Waals surface area contributed by atoms with E-state index in [1.54, 1.807) is 14.2 Å². The van der Waals surface area contributed by atoms with Crippen LogP contribution in [0.3, 0.4) is 0 Å². The van der Waals surface area contributed by atoms with Crippen molar-refractivity contribution in [2.45, 2.75) is 65.4 Å². The Morgan fingerprint density at radius 2 is 1.81 bits per heavy atom. The van der Waals surface area contributed by atoms with Gasteiger partial charge in [0.15, 0.2) is 5.75 Å². The number of ether oxygens (including phenoxy) is 2. The molecular weight excluding hydrogens is 331 g/mol. The standard InChI is InChI=1S/C23H31O3.Li/c1-15-8-11-19-22(2,3)12-7-13-23(19,4)20(21(15)24)16-9-10-17(25-5)18(14-16)26-6;/h11,14-15,20-21H,7-8,12-13H2,1-6H3;/q-1;+1/t15-,20+,21+,23+;/m1./s1. The second kappa shape index (κ2) is 8.12. The second-order valence-corrected chi connectivity index (χ2v) is 8.88. The fourth-order valence-electron chi connectivity index (χ4n) is 5.33. The molecule has 0 unspecified atom stereocenters. The van der Waals surface area contributed by atoms with Crippen LogP contribution in [0, 0.1) is 28.9 Å². The van der Waals surface area contributed by atoms with E-state index in [9.17, 15) is 5.11 Å².